The summed E-state index contributed by atoms with van der Waals surface area (Å²) in [6.07, 6.45) is 9.35. The summed E-state index contributed by atoms with van der Waals surface area (Å²) in [5.74, 6) is 1.97. The van der Waals surface area contributed by atoms with Crippen LogP contribution in [0.25, 0.3) is 0 Å². The molecule has 2 rings (SSSR count). The van der Waals surface area contributed by atoms with Crippen molar-refractivity contribution in [2.45, 2.75) is 62.4 Å². The maximum absolute atomic E-state index is 12.2. The van der Waals surface area contributed by atoms with Crippen molar-refractivity contribution in [3.8, 4) is 0 Å². The second kappa shape index (κ2) is 12.1. The van der Waals surface area contributed by atoms with Gasteiger partial charge in [-0.2, -0.15) is 11.8 Å². The van der Waals surface area contributed by atoms with E-state index < -0.39 is 12.2 Å². The van der Waals surface area contributed by atoms with Crippen LogP contribution in [-0.2, 0) is 14.3 Å². The molecule has 4 atom stereocenters. The predicted octanol–water partition coefficient (Wildman–Crippen LogP) is 2.83. The Bertz CT molecular complexity index is 505. The molecule has 5 nitrogen and oxygen atoms in total. The van der Waals surface area contributed by atoms with Crippen LogP contribution in [0.1, 0.15) is 44.9 Å². The highest BCUT2D eigenvalue weighted by Crippen LogP contribution is 2.35. The number of thioether (sulfide) groups is 2. The molecule has 0 unspecified atom stereocenters. The van der Waals surface area contributed by atoms with Gasteiger partial charge in [-0.25, -0.2) is 0 Å². The molecule has 0 saturated heterocycles. The van der Waals surface area contributed by atoms with E-state index in [0.29, 0.717) is 11.7 Å². The SMILES string of the molecule is COC(=O)CSCCCS[C@H]1C(=O)C[C@@H](O)[C@@H]1/C=C/[C@@H](O)C1CCCCC1. The summed E-state index contributed by atoms with van der Waals surface area (Å²) in [7, 11) is 1.38. The molecule has 154 valence electrons. The van der Waals surface area contributed by atoms with Crippen molar-refractivity contribution in [3.63, 3.8) is 0 Å². The lowest BCUT2D eigenvalue weighted by molar-refractivity contribution is -0.137. The summed E-state index contributed by atoms with van der Waals surface area (Å²) in [6, 6.07) is 0. The first-order valence-corrected chi connectivity index (χ1v) is 12.1. The Morgan fingerprint density at radius 3 is 2.74 bits per heavy atom. The molecule has 0 aromatic heterocycles. The van der Waals surface area contributed by atoms with Gasteiger partial charge in [-0.1, -0.05) is 31.4 Å². The third-order valence-electron chi connectivity index (χ3n) is 5.36. The fraction of sp³-hybridized carbons (Fsp3) is 0.800. The number of carbonyl (C=O) groups excluding carboxylic acids is 2. The quantitative estimate of drug-likeness (QED) is 0.322. The van der Waals surface area contributed by atoms with Gasteiger partial charge in [0, 0.05) is 12.3 Å². The van der Waals surface area contributed by atoms with Crippen molar-refractivity contribution in [2.75, 3.05) is 24.4 Å². The Labute approximate surface area is 170 Å². The summed E-state index contributed by atoms with van der Waals surface area (Å²) in [6.45, 7) is 0. The number of carbonyl (C=O) groups is 2. The van der Waals surface area contributed by atoms with E-state index in [2.05, 4.69) is 4.74 Å². The van der Waals surface area contributed by atoms with Gasteiger partial charge in [0.2, 0.25) is 0 Å². The fourth-order valence-electron chi connectivity index (χ4n) is 3.77. The molecule has 2 aliphatic rings. The molecule has 0 heterocycles. The van der Waals surface area contributed by atoms with Gasteiger partial charge in [0.25, 0.3) is 0 Å². The Morgan fingerprint density at radius 1 is 1.30 bits per heavy atom. The minimum atomic E-state index is -0.654. The van der Waals surface area contributed by atoms with Crippen LogP contribution >= 0.6 is 23.5 Å². The monoisotopic (exact) mass is 416 g/mol. The maximum Gasteiger partial charge on any atom is 0.315 e. The first-order chi connectivity index (χ1) is 13.0. The molecule has 2 aliphatic carbocycles. The topological polar surface area (TPSA) is 83.8 Å². The number of Topliss-reactive ketones (excluding diaryl/α,β-unsaturated/α-hetero) is 1. The highest BCUT2D eigenvalue weighted by Gasteiger charge is 2.40. The van der Waals surface area contributed by atoms with Gasteiger partial charge >= 0.3 is 5.97 Å². The number of esters is 1. The van der Waals surface area contributed by atoms with Crippen molar-refractivity contribution in [1.82, 2.24) is 0 Å². The Kier molecular flexibility index (Phi) is 10.2. The number of hydrogen-bond donors (Lipinski definition) is 2. The maximum atomic E-state index is 12.2. The number of hydrogen-bond acceptors (Lipinski definition) is 7. The van der Waals surface area contributed by atoms with Gasteiger partial charge in [0.05, 0.1) is 30.3 Å². The fourth-order valence-corrected chi connectivity index (χ4v) is 6.07. The van der Waals surface area contributed by atoms with E-state index in [0.717, 1.165) is 30.8 Å². The van der Waals surface area contributed by atoms with Crippen molar-refractivity contribution < 1.29 is 24.5 Å². The second-order valence-corrected chi connectivity index (χ2v) is 9.72. The molecule has 7 heteroatoms. The van der Waals surface area contributed by atoms with Crippen LogP contribution < -0.4 is 0 Å². The minimum Gasteiger partial charge on any atom is -0.468 e. The molecule has 2 saturated carbocycles. The van der Waals surface area contributed by atoms with E-state index in [1.807, 2.05) is 12.2 Å². The first kappa shape index (κ1) is 22.8. The average Bonchev–Trinajstić information content (AvgIpc) is 2.95. The smallest absolute Gasteiger partial charge is 0.315 e. The molecular weight excluding hydrogens is 384 g/mol. The van der Waals surface area contributed by atoms with Crippen LogP contribution in [-0.4, -0.2) is 63.8 Å². The zero-order chi connectivity index (χ0) is 19.6. The molecule has 0 radical (unpaired) electrons. The van der Waals surface area contributed by atoms with E-state index in [-0.39, 0.29) is 29.3 Å². The van der Waals surface area contributed by atoms with Gasteiger partial charge in [-0.3, -0.25) is 9.59 Å². The number of aliphatic hydroxyl groups excluding tert-OH is 2. The molecule has 0 amide bonds. The molecule has 2 fully saturated rings. The van der Waals surface area contributed by atoms with Gasteiger partial charge in [0.1, 0.15) is 5.78 Å². The predicted molar refractivity (Wildman–Crippen MR) is 111 cm³/mol. The third kappa shape index (κ3) is 7.44. The molecule has 0 spiro atoms. The van der Waals surface area contributed by atoms with Gasteiger partial charge < -0.3 is 14.9 Å². The Hall–Kier alpha value is -0.500. The molecule has 0 aromatic rings. The van der Waals surface area contributed by atoms with Gasteiger partial charge in [-0.05, 0) is 36.7 Å². The van der Waals surface area contributed by atoms with Crippen LogP contribution in [0, 0.1) is 11.8 Å². The second-order valence-electron chi connectivity index (χ2n) is 7.36. The summed E-state index contributed by atoms with van der Waals surface area (Å²) in [5.41, 5.74) is 0. The molecular formula is C20H32O5S2. The lowest BCUT2D eigenvalue weighted by Gasteiger charge is -2.25. The molecule has 2 N–H and O–H groups in total. The van der Waals surface area contributed by atoms with Crippen molar-refractivity contribution >= 4 is 35.3 Å². The average molecular weight is 417 g/mol. The van der Waals surface area contributed by atoms with Crippen LogP contribution in [0.3, 0.4) is 0 Å². The third-order valence-corrected chi connectivity index (χ3v) is 7.84. The molecule has 0 aliphatic heterocycles. The zero-order valence-electron chi connectivity index (χ0n) is 16.0. The lowest BCUT2D eigenvalue weighted by Crippen LogP contribution is -2.24. The zero-order valence-corrected chi connectivity index (χ0v) is 17.7. The number of aliphatic hydroxyl groups is 2. The van der Waals surface area contributed by atoms with Crippen LogP contribution in [0.5, 0.6) is 0 Å². The normalized spacial score (nSPS) is 28.0. The summed E-state index contributed by atoms with van der Waals surface area (Å²) in [4.78, 5) is 23.3. The van der Waals surface area contributed by atoms with Crippen LogP contribution in [0.2, 0.25) is 0 Å². The van der Waals surface area contributed by atoms with E-state index in [4.69, 9.17) is 0 Å². The van der Waals surface area contributed by atoms with Crippen LogP contribution in [0.4, 0.5) is 0 Å². The number of rotatable bonds is 10. The first-order valence-electron chi connectivity index (χ1n) is 9.86. The lowest BCUT2D eigenvalue weighted by atomic mass is 9.85. The van der Waals surface area contributed by atoms with E-state index in [9.17, 15) is 19.8 Å². The van der Waals surface area contributed by atoms with E-state index >= 15 is 0 Å². The summed E-state index contributed by atoms with van der Waals surface area (Å²) >= 11 is 3.12. The van der Waals surface area contributed by atoms with Gasteiger partial charge in [-0.15, -0.1) is 11.8 Å². The van der Waals surface area contributed by atoms with Crippen molar-refractivity contribution in [3.05, 3.63) is 12.2 Å². The van der Waals surface area contributed by atoms with Crippen molar-refractivity contribution in [1.29, 1.82) is 0 Å². The largest absolute Gasteiger partial charge is 0.468 e. The highest BCUT2D eigenvalue weighted by molar-refractivity contribution is 8.01. The summed E-state index contributed by atoms with van der Waals surface area (Å²) < 4.78 is 4.60. The Morgan fingerprint density at radius 2 is 2.04 bits per heavy atom. The van der Waals surface area contributed by atoms with E-state index in [1.165, 1.54) is 38.1 Å². The van der Waals surface area contributed by atoms with E-state index in [1.54, 1.807) is 11.8 Å². The minimum absolute atomic E-state index is 0.0940. The number of ether oxygens (including phenoxy) is 1. The standard InChI is InChI=1S/C20H32O5S2/c1-25-19(24)13-26-10-5-11-27-20-15(17(22)12-18(20)23)8-9-16(21)14-6-3-2-4-7-14/h8-9,14-17,20-22H,2-7,10-13H2,1H3/b9-8+/t15-,16+,17+,20+/m0/s1. The summed E-state index contributed by atoms with van der Waals surface area (Å²) in [5, 5.41) is 20.4. The molecule has 0 aromatic carbocycles. The van der Waals surface area contributed by atoms with Crippen molar-refractivity contribution in [2.24, 2.45) is 11.8 Å². The number of methoxy groups -OCH3 is 1. The number of ketones is 1. The van der Waals surface area contributed by atoms with Gasteiger partial charge in [0.15, 0.2) is 0 Å². The highest BCUT2D eigenvalue weighted by atomic mass is 32.2. The van der Waals surface area contributed by atoms with Crippen LogP contribution in [0.15, 0.2) is 12.2 Å². The molecule has 0 bridgehead atoms. The molecule has 27 heavy (non-hydrogen) atoms. The Balaban J connectivity index is 1.77.